The van der Waals surface area contributed by atoms with Crippen LogP contribution in [0.5, 0.6) is 0 Å². The van der Waals surface area contributed by atoms with Crippen molar-refractivity contribution in [1.82, 2.24) is 15.2 Å². The van der Waals surface area contributed by atoms with Crippen LogP contribution in [-0.2, 0) is 0 Å². The standard InChI is InChI=1S/C17H18ClN3OS/c18-12-3-1-2-11(8-12)16-20-15(10-23-16)17(22)21-7-6-13-4-5-14(9-21)19-13/h1-3,8,10,13-14,19H,4-7,9H2. The summed E-state index contributed by atoms with van der Waals surface area (Å²) in [7, 11) is 0. The quantitative estimate of drug-likeness (QED) is 0.905. The van der Waals surface area contributed by atoms with Gasteiger partial charge >= 0.3 is 0 Å². The average Bonchev–Trinajstić information content (AvgIpc) is 3.13. The molecule has 1 aromatic heterocycles. The van der Waals surface area contributed by atoms with Gasteiger partial charge in [0, 0.05) is 41.1 Å². The normalized spacial score (nSPS) is 23.8. The maximum Gasteiger partial charge on any atom is 0.273 e. The van der Waals surface area contributed by atoms with Crippen LogP contribution in [0.1, 0.15) is 29.8 Å². The highest BCUT2D eigenvalue weighted by molar-refractivity contribution is 7.13. The van der Waals surface area contributed by atoms with E-state index in [1.54, 1.807) is 0 Å². The lowest BCUT2D eigenvalue weighted by Crippen LogP contribution is -2.39. The molecule has 0 radical (unpaired) electrons. The van der Waals surface area contributed by atoms with Gasteiger partial charge in [-0.15, -0.1) is 11.3 Å². The minimum Gasteiger partial charge on any atom is -0.336 e. The second-order valence-corrected chi connectivity index (χ2v) is 7.52. The zero-order chi connectivity index (χ0) is 15.8. The molecule has 2 bridgehead atoms. The maximum atomic E-state index is 12.8. The number of fused-ring (bicyclic) bond motifs is 2. The summed E-state index contributed by atoms with van der Waals surface area (Å²) in [5, 5.41) is 6.98. The fraction of sp³-hybridized carbons (Fsp3) is 0.412. The molecule has 2 aliphatic rings. The number of nitrogens with zero attached hydrogens (tertiary/aromatic N) is 2. The molecule has 6 heteroatoms. The number of nitrogens with one attached hydrogen (secondary N) is 1. The predicted octanol–water partition coefficient (Wildman–Crippen LogP) is 3.43. The zero-order valence-corrected chi connectivity index (χ0v) is 14.2. The van der Waals surface area contributed by atoms with Crippen LogP contribution < -0.4 is 5.32 Å². The molecule has 1 N–H and O–H groups in total. The van der Waals surface area contributed by atoms with Crippen molar-refractivity contribution in [3.8, 4) is 10.6 Å². The number of rotatable bonds is 2. The van der Waals surface area contributed by atoms with Gasteiger partial charge in [0.25, 0.3) is 5.91 Å². The number of amides is 1. The highest BCUT2D eigenvalue weighted by Gasteiger charge is 2.32. The molecule has 2 fully saturated rings. The summed E-state index contributed by atoms with van der Waals surface area (Å²) in [5.74, 6) is 0.0453. The van der Waals surface area contributed by atoms with E-state index in [1.165, 1.54) is 24.2 Å². The fourth-order valence-electron chi connectivity index (χ4n) is 3.42. The van der Waals surface area contributed by atoms with E-state index in [9.17, 15) is 4.79 Å². The number of thiazole rings is 1. The van der Waals surface area contributed by atoms with E-state index in [0.717, 1.165) is 30.1 Å². The molecule has 0 spiro atoms. The molecule has 4 rings (SSSR count). The summed E-state index contributed by atoms with van der Waals surface area (Å²) in [6.45, 7) is 1.61. The number of likely N-dealkylation sites (tertiary alicyclic amines) is 1. The fourth-order valence-corrected chi connectivity index (χ4v) is 4.40. The van der Waals surface area contributed by atoms with Crippen molar-refractivity contribution >= 4 is 28.8 Å². The third-order valence-corrected chi connectivity index (χ3v) is 5.73. The van der Waals surface area contributed by atoms with E-state index in [2.05, 4.69) is 10.3 Å². The first-order valence-electron chi connectivity index (χ1n) is 7.96. The first-order chi connectivity index (χ1) is 11.2. The molecule has 2 aliphatic heterocycles. The summed E-state index contributed by atoms with van der Waals surface area (Å²) >= 11 is 7.53. The minimum absolute atomic E-state index is 0.0453. The van der Waals surface area contributed by atoms with Gasteiger partial charge in [0.2, 0.25) is 0 Å². The Bertz CT molecular complexity index is 732. The lowest BCUT2D eigenvalue weighted by atomic mass is 10.1. The molecule has 0 aliphatic carbocycles. The highest BCUT2D eigenvalue weighted by Crippen LogP contribution is 2.27. The van der Waals surface area contributed by atoms with E-state index in [1.807, 2.05) is 34.5 Å². The molecular weight excluding hydrogens is 330 g/mol. The summed E-state index contributed by atoms with van der Waals surface area (Å²) in [4.78, 5) is 19.2. The number of carbonyl (C=O) groups excluding carboxylic acids is 1. The molecule has 2 saturated heterocycles. The largest absolute Gasteiger partial charge is 0.336 e. The number of carbonyl (C=O) groups is 1. The number of halogens is 1. The second kappa shape index (κ2) is 6.23. The van der Waals surface area contributed by atoms with Crippen LogP contribution in [0.25, 0.3) is 10.6 Å². The van der Waals surface area contributed by atoms with Gasteiger partial charge in [-0.25, -0.2) is 4.98 Å². The van der Waals surface area contributed by atoms with Crippen molar-refractivity contribution in [2.45, 2.75) is 31.3 Å². The number of hydrogen-bond donors (Lipinski definition) is 1. The molecule has 3 heterocycles. The molecule has 1 aromatic carbocycles. The Kier molecular flexibility index (Phi) is 4.09. The van der Waals surface area contributed by atoms with Crippen molar-refractivity contribution in [2.75, 3.05) is 13.1 Å². The van der Waals surface area contributed by atoms with Crippen molar-refractivity contribution in [3.63, 3.8) is 0 Å². The van der Waals surface area contributed by atoms with Crippen LogP contribution in [-0.4, -0.2) is 41.0 Å². The summed E-state index contributed by atoms with van der Waals surface area (Å²) in [6, 6.07) is 8.60. The molecule has 2 atom stereocenters. The van der Waals surface area contributed by atoms with Crippen LogP contribution in [0.3, 0.4) is 0 Å². The van der Waals surface area contributed by atoms with Crippen molar-refractivity contribution in [3.05, 3.63) is 40.4 Å². The van der Waals surface area contributed by atoms with Crippen molar-refractivity contribution in [1.29, 1.82) is 0 Å². The second-order valence-electron chi connectivity index (χ2n) is 6.23. The van der Waals surface area contributed by atoms with E-state index >= 15 is 0 Å². The minimum atomic E-state index is 0.0453. The third kappa shape index (κ3) is 3.13. The Labute approximate surface area is 144 Å². The Hall–Kier alpha value is -1.43. The first kappa shape index (κ1) is 15.1. The van der Waals surface area contributed by atoms with Crippen LogP contribution in [0.4, 0.5) is 0 Å². The lowest BCUT2D eigenvalue weighted by molar-refractivity contribution is 0.0743. The Morgan fingerprint density at radius 1 is 1.30 bits per heavy atom. The molecule has 1 amide bonds. The summed E-state index contributed by atoms with van der Waals surface area (Å²) in [5.41, 5.74) is 1.50. The number of aromatic nitrogens is 1. The third-order valence-electron chi connectivity index (χ3n) is 4.61. The molecule has 23 heavy (non-hydrogen) atoms. The highest BCUT2D eigenvalue weighted by atomic mass is 35.5. The van der Waals surface area contributed by atoms with Gasteiger partial charge in [0.1, 0.15) is 10.7 Å². The van der Waals surface area contributed by atoms with Gasteiger partial charge in [-0.3, -0.25) is 4.79 Å². The maximum absolute atomic E-state index is 12.8. The molecule has 0 saturated carbocycles. The predicted molar refractivity (Wildman–Crippen MR) is 93.0 cm³/mol. The first-order valence-corrected chi connectivity index (χ1v) is 9.21. The van der Waals surface area contributed by atoms with E-state index in [4.69, 9.17) is 11.6 Å². The monoisotopic (exact) mass is 347 g/mol. The van der Waals surface area contributed by atoms with Crippen LogP contribution in [0, 0.1) is 0 Å². The van der Waals surface area contributed by atoms with E-state index in [-0.39, 0.29) is 5.91 Å². The van der Waals surface area contributed by atoms with Crippen molar-refractivity contribution in [2.24, 2.45) is 0 Å². The van der Waals surface area contributed by atoms with Gasteiger partial charge in [-0.05, 0) is 31.4 Å². The summed E-state index contributed by atoms with van der Waals surface area (Å²) < 4.78 is 0. The Morgan fingerprint density at radius 2 is 2.17 bits per heavy atom. The average molecular weight is 348 g/mol. The Balaban J connectivity index is 1.53. The number of benzene rings is 1. The van der Waals surface area contributed by atoms with Gasteiger partial charge < -0.3 is 10.2 Å². The smallest absolute Gasteiger partial charge is 0.273 e. The number of hydrogen-bond acceptors (Lipinski definition) is 4. The molecule has 2 unspecified atom stereocenters. The molecule has 4 nitrogen and oxygen atoms in total. The van der Waals surface area contributed by atoms with Crippen LogP contribution >= 0.6 is 22.9 Å². The van der Waals surface area contributed by atoms with E-state index < -0.39 is 0 Å². The summed E-state index contributed by atoms with van der Waals surface area (Å²) in [6.07, 6.45) is 3.44. The molecule has 2 aromatic rings. The van der Waals surface area contributed by atoms with Gasteiger partial charge in [-0.2, -0.15) is 0 Å². The SMILES string of the molecule is O=C(c1csc(-c2cccc(Cl)c2)n1)N1CCC2CCC(C1)N2. The van der Waals surface area contributed by atoms with Gasteiger partial charge in [0.15, 0.2) is 0 Å². The van der Waals surface area contributed by atoms with Crippen molar-refractivity contribution < 1.29 is 4.79 Å². The molecular formula is C17H18ClN3OS. The van der Waals surface area contributed by atoms with Crippen LogP contribution in [0.2, 0.25) is 5.02 Å². The topological polar surface area (TPSA) is 45.2 Å². The molecule has 120 valence electrons. The van der Waals surface area contributed by atoms with Gasteiger partial charge in [0.05, 0.1) is 0 Å². The van der Waals surface area contributed by atoms with Crippen LogP contribution in [0.15, 0.2) is 29.6 Å². The zero-order valence-electron chi connectivity index (χ0n) is 12.7. The lowest BCUT2D eigenvalue weighted by Gasteiger charge is -2.23. The van der Waals surface area contributed by atoms with E-state index in [0.29, 0.717) is 22.8 Å². The van der Waals surface area contributed by atoms with Gasteiger partial charge in [-0.1, -0.05) is 23.7 Å². The Morgan fingerprint density at radius 3 is 3.04 bits per heavy atom.